The molecule has 3 nitrogen and oxygen atoms in total. The molecule has 0 bridgehead atoms. The van der Waals surface area contributed by atoms with Crippen molar-refractivity contribution in [1.82, 2.24) is 5.32 Å². The Morgan fingerprint density at radius 1 is 1.71 bits per heavy atom. The summed E-state index contributed by atoms with van der Waals surface area (Å²) in [6.07, 6.45) is 0. The van der Waals surface area contributed by atoms with Gasteiger partial charge in [-0.2, -0.15) is 0 Å². The summed E-state index contributed by atoms with van der Waals surface area (Å²) in [6, 6.07) is 0. The van der Waals surface area contributed by atoms with E-state index in [1.54, 1.807) is 0 Å². The minimum absolute atomic E-state index is 0.346. The van der Waals surface area contributed by atoms with Crippen LogP contribution in [-0.4, -0.2) is 19.6 Å². The van der Waals surface area contributed by atoms with Gasteiger partial charge in [-0.15, -0.1) is 0 Å². The topological polar surface area (TPSA) is 39.5 Å². The summed E-state index contributed by atoms with van der Waals surface area (Å²) in [5.41, 5.74) is 0. The first-order valence-corrected chi connectivity index (χ1v) is 2.46. The zero-order chi connectivity index (χ0) is 5.11. The number of piperazine rings is 1. The fourth-order valence-corrected chi connectivity index (χ4v) is 0.602. The van der Waals surface area contributed by atoms with Gasteiger partial charge in [0.15, 0.2) is 0 Å². The highest BCUT2D eigenvalue weighted by molar-refractivity contribution is 4.62. The van der Waals surface area contributed by atoms with E-state index in [9.17, 15) is 5.21 Å². The van der Waals surface area contributed by atoms with Crippen LogP contribution in [0.5, 0.6) is 0 Å². The third kappa shape index (κ3) is 1.43. The highest BCUT2D eigenvalue weighted by Crippen LogP contribution is 1.65. The number of quaternary nitrogens is 1. The summed E-state index contributed by atoms with van der Waals surface area (Å²) in [4.78, 5) is 0. The van der Waals surface area contributed by atoms with Gasteiger partial charge in [0.2, 0.25) is 0 Å². The zero-order valence-corrected chi connectivity index (χ0v) is 4.11. The maximum Gasteiger partial charge on any atom is 0.0942 e. The average molecular weight is 101 g/mol. The molecular weight excluding hydrogens is 92.1 g/mol. The Balaban J connectivity index is 2.12. The number of rotatable bonds is 0. The molecule has 1 atom stereocenters. The molecule has 0 amide bonds. The van der Waals surface area contributed by atoms with E-state index >= 15 is 0 Å². The van der Waals surface area contributed by atoms with Crippen molar-refractivity contribution in [2.24, 2.45) is 0 Å². The van der Waals surface area contributed by atoms with E-state index in [1.165, 1.54) is 0 Å². The standard InChI is InChI=1S/C4H9N2O/c7-6-3-1-5-2-4-6/h1,5-6H,2-4H2. The normalized spacial score (nSPS) is 25.3. The molecule has 1 aliphatic heterocycles. The molecule has 0 aliphatic carbocycles. The molecule has 1 radical (unpaired) electrons. The van der Waals surface area contributed by atoms with E-state index in [-0.39, 0.29) is 0 Å². The lowest BCUT2D eigenvalue weighted by molar-refractivity contribution is -0.846. The Kier molecular flexibility index (Phi) is 1.62. The van der Waals surface area contributed by atoms with Gasteiger partial charge in [0.05, 0.1) is 19.6 Å². The van der Waals surface area contributed by atoms with Crippen LogP contribution in [0.25, 0.3) is 0 Å². The van der Waals surface area contributed by atoms with E-state index in [1.807, 2.05) is 6.54 Å². The second-order valence-electron chi connectivity index (χ2n) is 1.65. The molecule has 1 fully saturated rings. The third-order valence-corrected chi connectivity index (χ3v) is 1.02. The summed E-state index contributed by atoms with van der Waals surface area (Å²) in [5.74, 6) is 0. The van der Waals surface area contributed by atoms with E-state index in [4.69, 9.17) is 0 Å². The van der Waals surface area contributed by atoms with Crippen LogP contribution in [0, 0.1) is 11.8 Å². The molecule has 7 heavy (non-hydrogen) atoms. The van der Waals surface area contributed by atoms with E-state index in [2.05, 4.69) is 5.32 Å². The molecule has 1 unspecified atom stereocenters. The fourth-order valence-electron chi connectivity index (χ4n) is 0.602. The number of hydrogen-bond acceptors (Lipinski definition) is 2. The van der Waals surface area contributed by atoms with Crippen molar-refractivity contribution in [2.45, 2.75) is 0 Å². The maximum atomic E-state index is 10.4. The van der Waals surface area contributed by atoms with E-state index in [0.717, 1.165) is 6.54 Å². The molecule has 0 spiro atoms. The van der Waals surface area contributed by atoms with E-state index in [0.29, 0.717) is 18.2 Å². The van der Waals surface area contributed by atoms with Crippen LogP contribution in [0.2, 0.25) is 0 Å². The summed E-state index contributed by atoms with van der Waals surface area (Å²) in [5, 5.41) is 13.7. The van der Waals surface area contributed by atoms with Crippen LogP contribution >= 0.6 is 0 Å². The molecule has 0 saturated carbocycles. The Hall–Kier alpha value is -0.120. The second kappa shape index (κ2) is 2.26. The van der Waals surface area contributed by atoms with Gasteiger partial charge in [0.1, 0.15) is 0 Å². The van der Waals surface area contributed by atoms with Crippen molar-refractivity contribution in [3.05, 3.63) is 11.8 Å². The summed E-state index contributed by atoms with van der Waals surface area (Å²) in [6.45, 7) is 3.96. The molecule has 3 heteroatoms. The van der Waals surface area contributed by atoms with Crippen LogP contribution in [-0.2, 0) is 0 Å². The lowest BCUT2D eigenvalue weighted by Crippen LogP contribution is -3.09. The fraction of sp³-hybridized carbons (Fsp3) is 0.750. The number of hydrogen-bond donors (Lipinski definition) is 2. The van der Waals surface area contributed by atoms with Crippen LogP contribution < -0.4 is 10.4 Å². The lowest BCUT2D eigenvalue weighted by atomic mass is 10.4. The van der Waals surface area contributed by atoms with Gasteiger partial charge in [-0.3, -0.25) is 0 Å². The predicted molar refractivity (Wildman–Crippen MR) is 26.4 cm³/mol. The van der Waals surface area contributed by atoms with Crippen molar-refractivity contribution in [3.8, 4) is 0 Å². The molecule has 1 heterocycles. The SMILES string of the molecule is [O-][NH+]1C[CH]NCC1. The van der Waals surface area contributed by atoms with Gasteiger partial charge in [-0.25, -0.2) is 0 Å². The van der Waals surface area contributed by atoms with Gasteiger partial charge in [-0.1, -0.05) is 0 Å². The minimum atomic E-state index is 0.346. The van der Waals surface area contributed by atoms with Crippen molar-refractivity contribution in [2.75, 3.05) is 19.6 Å². The molecule has 1 aliphatic rings. The molecule has 41 valence electrons. The average Bonchev–Trinajstić information content (AvgIpc) is 1.69. The summed E-state index contributed by atoms with van der Waals surface area (Å²) in [7, 11) is 0. The first-order chi connectivity index (χ1) is 3.39. The van der Waals surface area contributed by atoms with Gasteiger partial charge < -0.3 is 15.6 Å². The first kappa shape index (κ1) is 5.03. The summed E-state index contributed by atoms with van der Waals surface area (Å²) >= 11 is 0. The zero-order valence-electron chi connectivity index (χ0n) is 4.11. The van der Waals surface area contributed by atoms with Gasteiger partial charge in [0.25, 0.3) is 0 Å². The Morgan fingerprint density at radius 3 is 2.86 bits per heavy atom. The number of nitrogens with one attached hydrogen (secondary N) is 2. The van der Waals surface area contributed by atoms with Crippen LogP contribution in [0.1, 0.15) is 0 Å². The highest BCUT2D eigenvalue weighted by Gasteiger charge is 2.01. The van der Waals surface area contributed by atoms with E-state index < -0.39 is 0 Å². The van der Waals surface area contributed by atoms with Gasteiger partial charge in [-0.05, 0) is 0 Å². The smallest absolute Gasteiger partial charge is 0.0942 e. The van der Waals surface area contributed by atoms with Crippen LogP contribution in [0.3, 0.4) is 0 Å². The Bertz CT molecular complexity index is 51.7. The van der Waals surface area contributed by atoms with Crippen molar-refractivity contribution >= 4 is 0 Å². The van der Waals surface area contributed by atoms with Gasteiger partial charge >= 0.3 is 0 Å². The lowest BCUT2D eigenvalue weighted by Gasteiger charge is -2.26. The van der Waals surface area contributed by atoms with Gasteiger partial charge in [0, 0.05) is 6.54 Å². The van der Waals surface area contributed by atoms with Crippen molar-refractivity contribution in [1.29, 1.82) is 0 Å². The Morgan fingerprint density at radius 2 is 2.57 bits per heavy atom. The molecule has 2 N–H and O–H groups in total. The molecule has 0 aromatic carbocycles. The third-order valence-electron chi connectivity index (χ3n) is 1.02. The summed E-state index contributed by atoms with van der Waals surface area (Å²) < 4.78 is 0. The molecule has 1 saturated heterocycles. The molecular formula is C4H9N2O. The monoisotopic (exact) mass is 101 g/mol. The second-order valence-corrected chi connectivity index (χ2v) is 1.65. The molecule has 0 aromatic heterocycles. The number of hydroxylamine groups is 2. The maximum absolute atomic E-state index is 10.4. The van der Waals surface area contributed by atoms with Crippen molar-refractivity contribution < 1.29 is 5.06 Å². The minimum Gasteiger partial charge on any atom is -0.634 e. The quantitative estimate of drug-likeness (QED) is 0.351. The first-order valence-electron chi connectivity index (χ1n) is 2.46. The largest absolute Gasteiger partial charge is 0.634 e. The van der Waals surface area contributed by atoms with Crippen LogP contribution in [0.4, 0.5) is 0 Å². The Labute approximate surface area is 42.9 Å². The van der Waals surface area contributed by atoms with Crippen LogP contribution in [0.15, 0.2) is 0 Å². The predicted octanol–water partition coefficient (Wildman–Crippen LogP) is -1.87. The molecule has 0 aromatic rings. The van der Waals surface area contributed by atoms with Crippen molar-refractivity contribution in [3.63, 3.8) is 0 Å². The highest BCUT2D eigenvalue weighted by atomic mass is 16.5. The molecule has 1 rings (SSSR count).